The van der Waals surface area contributed by atoms with E-state index in [-0.39, 0.29) is 30.1 Å². The Morgan fingerprint density at radius 2 is 1.94 bits per heavy atom. The second-order valence-electron chi connectivity index (χ2n) is 9.52. The molecule has 1 saturated carbocycles. The van der Waals surface area contributed by atoms with Gasteiger partial charge in [-0.05, 0) is 36.1 Å². The summed E-state index contributed by atoms with van der Waals surface area (Å²) in [5.74, 6) is -0.0969. The second kappa shape index (κ2) is 7.27. The van der Waals surface area contributed by atoms with Crippen LogP contribution in [0.4, 0.5) is 10.1 Å². The molecule has 1 aromatic heterocycles. The van der Waals surface area contributed by atoms with E-state index >= 15 is 4.39 Å². The van der Waals surface area contributed by atoms with Gasteiger partial charge in [-0.25, -0.2) is 4.39 Å². The molecule has 3 heterocycles. The van der Waals surface area contributed by atoms with Crippen LogP contribution >= 0.6 is 0 Å². The highest BCUT2D eigenvalue weighted by Gasteiger charge is 2.59. The molecule has 0 radical (unpaired) electrons. The van der Waals surface area contributed by atoms with E-state index in [0.717, 1.165) is 41.6 Å². The number of halogens is 1. The monoisotopic (exact) mass is 444 g/mol. The highest BCUT2D eigenvalue weighted by Crippen LogP contribution is 2.48. The standard InChI is InChI=1S/C26H25FN4O2/c1-29-13-20(12-28-29)18-9-10-19(22(27)11-18)14-31-23-8-3-2-7-21(23)26(25(31)33)15-30(16-26)24(32)17-5-4-6-17/h2-3,7-13,17H,4-6,14-16H2,1H3. The summed E-state index contributed by atoms with van der Waals surface area (Å²) in [6.07, 6.45) is 6.55. The van der Waals surface area contributed by atoms with E-state index in [1.54, 1.807) is 21.8 Å². The van der Waals surface area contributed by atoms with E-state index in [1.807, 2.05) is 48.5 Å². The lowest BCUT2D eigenvalue weighted by Crippen LogP contribution is -2.66. The van der Waals surface area contributed by atoms with E-state index in [1.165, 1.54) is 6.07 Å². The lowest BCUT2D eigenvalue weighted by atomic mass is 9.73. The number of aryl methyl sites for hydroxylation is 1. The SMILES string of the molecule is Cn1cc(-c2ccc(CN3C(=O)C4(CN(C(=O)C5CCC5)C4)c4ccccc43)c(F)c2)cn1. The summed E-state index contributed by atoms with van der Waals surface area (Å²) in [6.45, 7) is 0.988. The molecule has 0 N–H and O–H groups in total. The number of amides is 2. The third kappa shape index (κ3) is 3.02. The molecule has 7 heteroatoms. The number of carbonyl (C=O) groups excluding carboxylic acids is 2. The number of hydrogen-bond acceptors (Lipinski definition) is 3. The largest absolute Gasteiger partial charge is 0.339 e. The van der Waals surface area contributed by atoms with E-state index < -0.39 is 5.41 Å². The zero-order valence-electron chi connectivity index (χ0n) is 18.5. The van der Waals surface area contributed by atoms with Crippen LogP contribution in [0, 0.1) is 11.7 Å². The highest BCUT2D eigenvalue weighted by atomic mass is 19.1. The van der Waals surface area contributed by atoms with Crippen molar-refractivity contribution >= 4 is 17.5 Å². The zero-order chi connectivity index (χ0) is 22.7. The first-order valence-corrected chi connectivity index (χ1v) is 11.4. The molecule has 3 aromatic rings. The van der Waals surface area contributed by atoms with Gasteiger partial charge in [0, 0.05) is 49.1 Å². The summed E-state index contributed by atoms with van der Waals surface area (Å²) in [5.41, 5.74) is 3.11. The fourth-order valence-corrected chi connectivity index (χ4v) is 5.33. The van der Waals surface area contributed by atoms with Crippen LogP contribution < -0.4 is 4.90 Å². The van der Waals surface area contributed by atoms with Gasteiger partial charge in [0.05, 0.1) is 12.7 Å². The summed E-state index contributed by atoms with van der Waals surface area (Å²) >= 11 is 0. The number of hydrogen-bond donors (Lipinski definition) is 0. The van der Waals surface area contributed by atoms with Crippen molar-refractivity contribution in [2.75, 3.05) is 18.0 Å². The van der Waals surface area contributed by atoms with Gasteiger partial charge in [0.2, 0.25) is 11.8 Å². The van der Waals surface area contributed by atoms with Crippen LogP contribution in [0.5, 0.6) is 0 Å². The number of likely N-dealkylation sites (tertiary alicyclic amines) is 1. The van der Waals surface area contributed by atoms with Crippen LogP contribution in [-0.2, 0) is 28.6 Å². The molecule has 33 heavy (non-hydrogen) atoms. The van der Waals surface area contributed by atoms with Crippen LogP contribution in [0.15, 0.2) is 54.9 Å². The Morgan fingerprint density at radius 1 is 1.15 bits per heavy atom. The molecular formula is C26H25FN4O2. The lowest BCUT2D eigenvalue weighted by molar-refractivity contribution is -0.149. The lowest BCUT2D eigenvalue weighted by Gasteiger charge is -2.48. The molecule has 6 nitrogen and oxygen atoms in total. The van der Waals surface area contributed by atoms with E-state index in [9.17, 15) is 9.59 Å². The molecule has 3 aliphatic rings. The average molecular weight is 445 g/mol. The summed E-state index contributed by atoms with van der Waals surface area (Å²) in [6, 6.07) is 12.8. The van der Waals surface area contributed by atoms with Crippen LogP contribution in [0.3, 0.4) is 0 Å². The Hall–Kier alpha value is -3.48. The average Bonchev–Trinajstić information content (AvgIpc) is 3.27. The van der Waals surface area contributed by atoms with Crippen molar-refractivity contribution in [2.45, 2.75) is 31.2 Å². The molecule has 1 aliphatic carbocycles. The van der Waals surface area contributed by atoms with Gasteiger partial charge in [0.15, 0.2) is 0 Å². The van der Waals surface area contributed by atoms with E-state index in [4.69, 9.17) is 0 Å². The van der Waals surface area contributed by atoms with Crippen LogP contribution in [0.1, 0.15) is 30.4 Å². The number of fused-ring (bicyclic) bond motifs is 2. The van der Waals surface area contributed by atoms with E-state index in [2.05, 4.69) is 5.10 Å². The number of anilines is 1. The number of para-hydroxylation sites is 1. The molecule has 0 bridgehead atoms. The minimum atomic E-state index is -0.706. The number of aromatic nitrogens is 2. The number of benzene rings is 2. The van der Waals surface area contributed by atoms with Crippen molar-refractivity contribution in [1.29, 1.82) is 0 Å². The Balaban J connectivity index is 1.26. The Bertz CT molecular complexity index is 1270. The second-order valence-corrected chi connectivity index (χ2v) is 9.52. The predicted octanol–water partition coefficient (Wildman–Crippen LogP) is 3.65. The minimum absolute atomic E-state index is 0.0444. The van der Waals surface area contributed by atoms with Crippen molar-refractivity contribution in [3.05, 3.63) is 71.8 Å². The van der Waals surface area contributed by atoms with Crippen LogP contribution in [-0.4, -0.2) is 39.6 Å². The van der Waals surface area contributed by atoms with Gasteiger partial charge in [0.1, 0.15) is 11.2 Å². The fourth-order valence-electron chi connectivity index (χ4n) is 5.33. The smallest absolute Gasteiger partial charge is 0.241 e. The number of carbonyl (C=O) groups is 2. The molecule has 1 spiro atoms. The third-order valence-corrected chi connectivity index (χ3v) is 7.47. The Kier molecular flexibility index (Phi) is 4.44. The number of rotatable bonds is 4. The minimum Gasteiger partial charge on any atom is -0.339 e. The van der Waals surface area contributed by atoms with Crippen LogP contribution in [0.25, 0.3) is 11.1 Å². The highest BCUT2D eigenvalue weighted by molar-refractivity contribution is 6.10. The molecule has 0 unspecified atom stereocenters. The van der Waals surface area contributed by atoms with Gasteiger partial charge in [-0.2, -0.15) is 5.10 Å². The van der Waals surface area contributed by atoms with Crippen molar-refractivity contribution in [3.8, 4) is 11.1 Å². The molecule has 2 aromatic carbocycles. The topological polar surface area (TPSA) is 58.4 Å². The van der Waals surface area contributed by atoms with Crippen LogP contribution in [0.2, 0.25) is 0 Å². The number of nitrogens with zero attached hydrogens (tertiary/aromatic N) is 4. The molecule has 6 rings (SSSR count). The van der Waals surface area contributed by atoms with E-state index in [0.29, 0.717) is 18.7 Å². The third-order valence-electron chi connectivity index (χ3n) is 7.47. The molecular weight excluding hydrogens is 419 g/mol. The summed E-state index contributed by atoms with van der Waals surface area (Å²) in [7, 11) is 1.82. The molecule has 0 atom stereocenters. The van der Waals surface area contributed by atoms with Gasteiger partial charge < -0.3 is 9.80 Å². The summed E-state index contributed by atoms with van der Waals surface area (Å²) in [5, 5.41) is 4.15. The zero-order valence-corrected chi connectivity index (χ0v) is 18.5. The molecule has 2 aliphatic heterocycles. The quantitative estimate of drug-likeness (QED) is 0.617. The first-order chi connectivity index (χ1) is 16.0. The molecule has 2 amide bonds. The Labute approximate surface area is 191 Å². The maximum atomic E-state index is 15.1. The van der Waals surface area contributed by atoms with Crippen molar-refractivity contribution < 1.29 is 14.0 Å². The Morgan fingerprint density at radius 3 is 2.61 bits per heavy atom. The fraction of sp³-hybridized carbons (Fsp3) is 0.346. The van der Waals surface area contributed by atoms with Gasteiger partial charge in [0.25, 0.3) is 0 Å². The van der Waals surface area contributed by atoms with Crippen molar-refractivity contribution in [1.82, 2.24) is 14.7 Å². The molecule has 2 fully saturated rings. The maximum absolute atomic E-state index is 15.1. The van der Waals surface area contributed by atoms with Gasteiger partial charge in [-0.15, -0.1) is 0 Å². The normalized spacial score (nSPS) is 18.9. The predicted molar refractivity (Wildman–Crippen MR) is 122 cm³/mol. The van der Waals surface area contributed by atoms with Crippen molar-refractivity contribution in [2.24, 2.45) is 13.0 Å². The first kappa shape index (κ1) is 20.1. The van der Waals surface area contributed by atoms with Crippen molar-refractivity contribution in [3.63, 3.8) is 0 Å². The summed E-state index contributed by atoms with van der Waals surface area (Å²) < 4.78 is 16.8. The first-order valence-electron chi connectivity index (χ1n) is 11.4. The van der Waals surface area contributed by atoms with Gasteiger partial charge in [-0.3, -0.25) is 14.3 Å². The van der Waals surface area contributed by atoms with Gasteiger partial charge >= 0.3 is 0 Å². The molecule has 1 saturated heterocycles. The molecule has 168 valence electrons. The summed E-state index contributed by atoms with van der Waals surface area (Å²) in [4.78, 5) is 29.8. The van der Waals surface area contributed by atoms with Gasteiger partial charge in [-0.1, -0.05) is 36.8 Å². The maximum Gasteiger partial charge on any atom is 0.241 e.